The van der Waals surface area contributed by atoms with E-state index in [1.165, 1.54) is 0 Å². The van der Waals surface area contributed by atoms with Gasteiger partial charge in [-0.25, -0.2) is 9.78 Å². The second kappa shape index (κ2) is 18.1. The van der Waals surface area contributed by atoms with Gasteiger partial charge in [0.15, 0.2) is 0 Å². The van der Waals surface area contributed by atoms with Gasteiger partial charge in [-0.2, -0.15) is 0 Å². The van der Waals surface area contributed by atoms with Crippen molar-refractivity contribution in [1.29, 1.82) is 0 Å². The van der Waals surface area contributed by atoms with Gasteiger partial charge in [-0.3, -0.25) is 4.79 Å². The third kappa shape index (κ3) is 10.5. The van der Waals surface area contributed by atoms with Crippen molar-refractivity contribution in [1.82, 2.24) is 15.3 Å². The number of ether oxygens (including phenoxy) is 3. The number of rotatable bonds is 18. The van der Waals surface area contributed by atoms with E-state index >= 15 is 0 Å². The maximum atomic E-state index is 13.3. The topological polar surface area (TPSA) is 103 Å². The minimum Gasteiger partial charge on any atom is -0.497 e. The summed E-state index contributed by atoms with van der Waals surface area (Å²) in [7, 11) is 1.64. The molecule has 46 heavy (non-hydrogen) atoms. The summed E-state index contributed by atoms with van der Waals surface area (Å²) in [4.78, 5) is 34.6. The summed E-state index contributed by atoms with van der Waals surface area (Å²) in [6.45, 7) is 4.99. The van der Waals surface area contributed by atoms with Gasteiger partial charge in [-0.05, 0) is 78.8 Å². The average Bonchev–Trinajstić information content (AvgIpc) is 3.54. The van der Waals surface area contributed by atoms with Crippen LogP contribution in [0.3, 0.4) is 0 Å². The summed E-state index contributed by atoms with van der Waals surface area (Å²) in [5.41, 5.74) is 4.17. The van der Waals surface area contributed by atoms with Crippen LogP contribution in [-0.4, -0.2) is 42.2 Å². The molecule has 0 aliphatic heterocycles. The van der Waals surface area contributed by atoms with Crippen molar-refractivity contribution >= 4 is 27.8 Å². The SMILES string of the molecule is CCCCOC(=O)c1cc(C(Cc2ncc(-c3ccc(Br)cc3)[nH]2)NC(=O)CCCc2ccc(OC)cc2)ccc1OCCCC. The molecule has 2 N–H and O–H groups in total. The molecule has 3 aromatic carbocycles. The average molecular weight is 691 g/mol. The van der Waals surface area contributed by atoms with E-state index in [-0.39, 0.29) is 5.91 Å². The van der Waals surface area contributed by atoms with Crippen molar-refractivity contribution in [3.8, 4) is 22.8 Å². The van der Waals surface area contributed by atoms with Crippen LogP contribution in [0.15, 0.2) is 77.4 Å². The summed E-state index contributed by atoms with van der Waals surface area (Å²) in [6.07, 6.45) is 7.58. The smallest absolute Gasteiger partial charge is 0.341 e. The molecule has 1 amide bonds. The molecule has 0 aliphatic carbocycles. The van der Waals surface area contributed by atoms with Crippen molar-refractivity contribution in [3.05, 3.63) is 99.9 Å². The Balaban J connectivity index is 1.55. The number of amides is 1. The number of benzene rings is 3. The number of nitrogens with zero attached hydrogens (tertiary/aromatic N) is 1. The zero-order chi connectivity index (χ0) is 32.7. The monoisotopic (exact) mass is 689 g/mol. The summed E-state index contributed by atoms with van der Waals surface area (Å²) >= 11 is 3.48. The molecule has 0 saturated carbocycles. The van der Waals surface area contributed by atoms with Crippen molar-refractivity contribution < 1.29 is 23.8 Å². The number of esters is 1. The number of unbranched alkanes of at least 4 members (excludes halogenated alkanes) is 2. The fourth-order valence-corrected chi connectivity index (χ4v) is 5.23. The molecule has 4 rings (SSSR count). The molecular formula is C37H44BrN3O5. The maximum Gasteiger partial charge on any atom is 0.341 e. The van der Waals surface area contributed by atoms with Gasteiger partial charge >= 0.3 is 5.97 Å². The first-order chi connectivity index (χ1) is 22.4. The second-order valence-corrected chi connectivity index (χ2v) is 12.1. The minimum atomic E-state index is -0.440. The lowest BCUT2D eigenvalue weighted by molar-refractivity contribution is -0.121. The van der Waals surface area contributed by atoms with Crippen molar-refractivity contribution in [3.63, 3.8) is 0 Å². The number of imidazole rings is 1. The van der Waals surface area contributed by atoms with Crippen LogP contribution in [0.2, 0.25) is 0 Å². The molecular weight excluding hydrogens is 646 g/mol. The van der Waals surface area contributed by atoms with Crippen molar-refractivity contribution in [2.75, 3.05) is 20.3 Å². The van der Waals surface area contributed by atoms with E-state index in [1.807, 2.05) is 54.6 Å². The molecule has 0 saturated heterocycles. The van der Waals surface area contributed by atoms with Gasteiger partial charge in [0.1, 0.15) is 22.9 Å². The number of aromatic nitrogens is 2. The largest absolute Gasteiger partial charge is 0.497 e. The van der Waals surface area contributed by atoms with E-state index in [0.717, 1.165) is 70.5 Å². The maximum absolute atomic E-state index is 13.3. The number of carbonyl (C=O) groups excluding carboxylic acids is 2. The van der Waals surface area contributed by atoms with Gasteiger partial charge in [-0.15, -0.1) is 0 Å². The van der Waals surface area contributed by atoms with Crippen LogP contribution < -0.4 is 14.8 Å². The number of halogens is 1. The van der Waals surface area contributed by atoms with Gasteiger partial charge in [0.2, 0.25) is 5.91 Å². The third-order valence-corrected chi connectivity index (χ3v) is 8.19. The Morgan fingerprint density at radius 2 is 1.67 bits per heavy atom. The Bertz CT molecular complexity index is 1540. The zero-order valence-electron chi connectivity index (χ0n) is 26.9. The number of carbonyl (C=O) groups is 2. The standard InChI is InChI=1S/C37H44BrN3O5/c1-4-6-21-45-34-20-15-28(23-31(34)37(43)46-22-7-5-2)32(24-35-39-25-33(40-35)27-13-16-29(38)17-14-27)41-36(42)10-8-9-26-11-18-30(44-3)19-12-26/h11-20,23,25,32H,4-10,21-22,24H2,1-3H3,(H,39,40)(H,41,42). The molecule has 1 unspecified atom stereocenters. The molecule has 0 bridgehead atoms. The molecule has 1 atom stereocenters. The zero-order valence-corrected chi connectivity index (χ0v) is 28.5. The van der Waals surface area contributed by atoms with E-state index < -0.39 is 12.0 Å². The summed E-state index contributed by atoms with van der Waals surface area (Å²) in [6, 6.07) is 20.9. The first kappa shape index (κ1) is 34.8. The predicted octanol–water partition coefficient (Wildman–Crippen LogP) is 8.41. The van der Waals surface area contributed by atoms with Gasteiger partial charge < -0.3 is 24.5 Å². The fourth-order valence-electron chi connectivity index (χ4n) is 4.96. The molecule has 1 aromatic heterocycles. The molecule has 9 heteroatoms. The lowest BCUT2D eigenvalue weighted by Crippen LogP contribution is -2.30. The fraction of sp³-hybridized carbons (Fsp3) is 0.378. The minimum absolute atomic E-state index is 0.0754. The van der Waals surface area contributed by atoms with Crippen molar-refractivity contribution in [2.45, 2.75) is 71.3 Å². The Morgan fingerprint density at radius 1 is 0.935 bits per heavy atom. The highest BCUT2D eigenvalue weighted by Crippen LogP contribution is 2.28. The van der Waals surface area contributed by atoms with Crippen LogP contribution >= 0.6 is 15.9 Å². The van der Waals surface area contributed by atoms with Crippen LogP contribution in [0.5, 0.6) is 11.5 Å². The lowest BCUT2D eigenvalue weighted by atomic mass is 9.99. The highest BCUT2D eigenvalue weighted by atomic mass is 79.9. The molecule has 0 radical (unpaired) electrons. The number of aryl methyl sites for hydroxylation is 1. The number of hydrogen-bond acceptors (Lipinski definition) is 6. The summed E-state index contributed by atoms with van der Waals surface area (Å²) < 4.78 is 17.8. The van der Waals surface area contributed by atoms with E-state index in [0.29, 0.717) is 43.8 Å². The summed E-state index contributed by atoms with van der Waals surface area (Å²) in [5, 5.41) is 3.21. The molecule has 0 aliphatic rings. The van der Waals surface area contributed by atoms with Crippen LogP contribution in [-0.2, 0) is 22.4 Å². The Labute approximate surface area is 280 Å². The molecule has 4 aromatic rings. The number of hydrogen-bond donors (Lipinski definition) is 2. The van der Waals surface area contributed by atoms with E-state index in [9.17, 15) is 9.59 Å². The van der Waals surface area contributed by atoms with Gasteiger partial charge in [-0.1, -0.05) is 73.0 Å². The quantitative estimate of drug-likeness (QED) is 0.0803. The third-order valence-electron chi connectivity index (χ3n) is 7.66. The summed E-state index contributed by atoms with van der Waals surface area (Å²) in [5.74, 6) is 1.51. The normalized spacial score (nSPS) is 11.6. The second-order valence-electron chi connectivity index (χ2n) is 11.2. The highest BCUT2D eigenvalue weighted by Gasteiger charge is 2.22. The highest BCUT2D eigenvalue weighted by molar-refractivity contribution is 9.10. The lowest BCUT2D eigenvalue weighted by Gasteiger charge is -2.20. The van der Waals surface area contributed by atoms with E-state index in [4.69, 9.17) is 14.2 Å². The Morgan fingerprint density at radius 3 is 2.39 bits per heavy atom. The number of nitrogens with one attached hydrogen (secondary N) is 2. The first-order valence-corrected chi connectivity index (χ1v) is 16.8. The molecule has 1 heterocycles. The van der Waals surface area contributed by atoms with Crippen LogP contribution in [0.25, 0.3) is 11.3 Å². The van der Waals surface area contributed by atoms with E-state index in [1.54, 1.807) is 25.4 Å². The number of H-pyrrole nitrogens is 1. The van der Waals surface area contributed by atoms with E-state index in [2.05, 4.69) is 45.1 Å². The first-order valence-electron chi connectivity index (χ1n) is 16.1. The molecule has 0 fully saturated rings. The molecule has 0 spiro atoms. The predicted molar refractivity (Wildman–Crippen MR) is 184 cm³/mol. The Kier molecular flexibility index (Phi) is 13.7. The number of aromatic amines is 1. The van der Waals surface area contributed by atoms with Gasteiger partial charge in [0.05, 0.1) is 38.3 Å². The molecule has 8 nitrogen and oxygen atoms in total. The van der Waals surface area contributed by atoms with Crippen molar-refractivity contribution in [2.24, 2.45) is 0 Å². The van der Waals surface area contributed by atoms with Crippen LogP contribution in [0, 0.1) is 0 Å². The van der Waals surface area contributed by atoms with Crippen LogP contribution in [0.1, 0.15) is 85.7 Å². The van der Waals surface area contributed by atoms with Crippen LogP contribution in [0.4, 0.5) is 0 Å². The molecule has 244 valence electrons. The number of methoxy groups -OCH3 is 1. The van der Waals surface area contributed by atoms with Gasteiger partial charge in [0.25, 0.3) is 0 Å². The Hall–Kier alpha value is -4.11. The van der Waals surface area contributed by atoms with Gasteiger partial charge in [0, 0.05) is 17.3 Å².